The summed E-state index contributed by atoms with van der Waals surface area (Å²) < 4.78 is 15.1. The van der Waals surface area contributed by atoms with Crippen LogP contribution < -0.4 is 0 Å². The molecule has 1 aromatic heterocycles. The zero-order chi connectivity index (χ0) is 25.3. The lowest BCUT2D eigenvalue weighted by atomic mass is 9.75. The molecule has 8 heteroatoms. The summed E-state index contributed by atoms with van der Waals surface area (Å²) in [6, 6.07) is 5.90. The first-order valence-corrected chi connectivity index (χ1v) is 13.3. The number of nitrogens with one attached hydrogen (secondary N) is 1. The third kappa shape index (κ3) is 4.46. The molecule has 2 aliphatic carbocycles. The summed E-state index contributed by atoms with van der Waals surface area (Å²) in [5.74, 6) is -1.59. The number of likely N-dealkylation sites (tertiary alicyclic amines) is 1. The lowest BCUT2D eigenvalue weighted by molar-refractivity contribution is -0.145. The zero-order valence-corrected chi connectivity index (χ0v) is 21.0. The second kappa shape index (κ2) is 10.1. The fraction of sp³-hybridized carbons (Fsp3) is 0.571. The molecule has 1 atom stereocenters. The molecule has 5 rings (SSSR count). The number of H-pyrrole nitrogens is 1. The van der Waals surface area contributed by atoms with Crippen molar-refractivity contribution in [2.24, 2.45) is 0 Å². The molecule has 3 amide bonds. The van der Waals surface area contributed by atoms with Crippen molar-refractivity contribution in [1.82, 2.24) is 20.0 Å². The van der Waals surface area contributed by atoms with Gasteiger partial charge in [0, 0.05) is 37.2 Å². The Bertz CT molecular complexity index is 1160. The number of hydrogen-bond donors (Lipinski definition) is 1. The monoisotopic (exact) mass is 494 g/mol. The topological polar surface area (TPSA) is 86.4 Å². The molecular formula is C28H35FN4O3. The van der Waals surface area contributed by atoms with Crippen LogP contribution >= 0.6 is 0 Å². The SMILES string of the molecule is CN(Cc1n[nH]c2c1CCCCC2)C(=O)C[C@@]1(c2ccccc2F)CC(=O)N(C2CCCCC2)C1=O. The highest BCUT2D eigenvalue weighted by Gasteiger charge is 2.56. The van der Waals surface area contributed by atoms with E-state index in [4.69, 9.17) is 0 Å². The number of aromatic nitrogens is 2. The van der Waals surface area contributed by atoms with Crippen molar-refractivity contribution < 1.29 is 18.8 Å². The van der Waals surface area contributed by atoms with E-state index in [0.717, 1.165) is 69.2 Å². The first kappa shape index (κ1) is 24.7. The van der Waals surface area contributed by atoms with Crippen molar-refractivity contribution in [3.63, 3.8) is 0 Å². The molecule has 3 aliphatic rings. The number of halogens is 1. The second-order valence-electron chi connectivity index (χ2n) is 10.7. The number of fused-ring (bicyclic) bond motifs is 1. The van der Waals surface area contributed by atoms with Crippen LogP contribution in [0, 0.1) is 5.82 Å². The Morgan fingerprint density at radius 1 is 1.11 bits per heavy atom. The van der Waals surface area contributed by atoms with Gasteiger partial charge in [0.2, 0.25) is 17.7 Å². The number of aryl methyl sites for hydroxylation is 1. The third-order valence-electron chi connectivity index (χ3n) is 8.34. The van der Waals surface area contributed by atoms with E-state index in [1.165, 1.54) is 23.0 Å². The molecule has 7 nitrogen and oxygen atoms in total. The van der Waals surface area contributed by atoms with Gasteiger partial charge in [-0.2, -0.15) is 5.10 Å². The summed E-state index contributed by atoms with van der Waals surface area (Å²) in [7, 11) is 1.69. The predicted octanol–water partition coefficient (Wildman–Crippen LogP) is 4.20. The van der Waals surface area contributed by atoms with E-state index in [9.17, 15) is 14.4 Å². The van der Waals surface area contributed by atoms with Crippen LogP contribution in [-0.4, -0.2) is 50.8 Å². The minimum atomic E-state index is -1.52. The number of imide groups is 1. The van der Waals surface area contributed by atoms with Crippen molar-refractivity contribution in [2.75, 3.05) is 7.05 Å². The zero-order valence-electron chi connectivity index (χ0n) is 21.0. The fourth-order valence-electron chi connectivity index (χ4n) is 6.33. The molecule has 1 saturated heterocycles. The minimum Gasteiger partial charge on any atom is -0.340 e. The highest BCUT2D eigenvalue weighted by molar-refractivity contribution is 6.11. The molecule has 1 aliphatic heterocycles. The molecule has 0 unspecified atom stereocenters. The summed E-state index contributed by atoms with van der Waals surface area (Å²) in [4.78, 5) is 43.7. The molecule has 1 saturated carbocycles. The van der Waals surface area contributed by atoms with Gasteiger partial charge in [0.1, 0.15) is 5.82 Å². The van der Waals surface area contributed by atoms with Crippen molar-refractivity contribution in [3.05, 3.63) is 52.6 Å². The van der Waals surface area contributed by atoms with E-state index in [0.29, 0.717) is 6.54 Å². The summed E-state index contributed by atoms with van der Waals surface area (Å²) in [6.45, 7) is 0.312. The number of aromatic amines is 1. The Kier molecular flexibility index (Phi) is 6.95. The van der Waals surface area contributed by atoms with E-state index in [1.54, 1.807) is 30.1 Å². The summed E-state index contributed by atoms with van der Waals surface area (Å²) in [6.07, 6.45) is 9.42. The molecule has 1 aromatic carbocycles. The smallest absolute Gasteiger partial charge is 0.241 e. The minimum absolute atomic E-state index is 0.136. The predicted molar refractivity (Wildman–Crippen MR) is 132 cm³/mol. The van der Waals surface area contributed by atoms with Gasteiger partial charge >= 0.3 is 0 Å². The quantitative estimate of drug-likeness (QED) is 0.482. The van der Waals surface area contributed by atoms with Gasteiger partial charge in [-0.3, -0.25) is 24.4 Å². The Morgan fingerprint density at radius 2 is 1.83 bits per heavy atom. The number of rotatable bonds is 6. The van der Waals surface area contributed by atoms with Gasteiger partial charge in [-0.05, 0) is 50.2 Å². The van der Waals surface area contributed by atoms with Gasteiger partial charge in [-0.15, -0.1) is 0 Å². The number of nitrogens with zero attached hydrogens (tertiary/aromatic N) is 3. The first-order chi connectivity index (χ1) is 17.4. The second-order valence-corrected chi connectivity index (χ2v) is 10.7. The third-order valence-corrected chi connectivity index (χ3v) is 8.34. The maximum absolute atomic E-state index is 15.1. The van der Waals surface area contributed by atoms with Crippen molar-refractivity contribution in [2.45, 2.75) is 95.1 Å². The molecular weight excluding hydrogens is 459 g/mol. The van der Waals surface area contributed by atoms with Crippen LogP contribution in [0.5, 0.6) is 0 Å². The Balaban J connectivity index is 1.42. The Morgan fingerprint density at radius 3 is 2.61 bits per heavy atom. The molecule has 0 bridgehead atoms. The van der Waals surface area contributed by atoms with Crippen LogP contribution in [0.4, 0.5) is 4.39 Å². The molecule has 2 fully saturated rings. The van der Waals surface area contributed by atoms with Crippen LogP contribution in [0.15, 0.2) is 24.3 Å². The fourth-order valence-corrected chi connectivity index (χ4v) is 6.33. The van der Waals surface area contributed by atoms with Gasteiger partial charge in [0.25, 0.3) is 0 Å². The van der Waals surface area contributed by atoms with Crippen LogP contribution in [-0.2, 0) is 39.2 Å². The van der Waals surface area contributed by atoms with Crippen LogP contribution in [0.2, 0.25) is 0 Å². The molecule has 0 radical (unpaired) electrons. The number of hydrogen-bond acceptors (Lipinski definition) is 4. The molecule has 36 heavy (non-hydrogen) atoms. The number of amides is 3. The number of benzene rings is 1. The molecule has 0 spiro atoms. The van der Waals surface area contributed by atoms with Crippen LogP contribution in [0.3, 0.4) is 0 Å². The normalized spacial score (nSPS) is 23.0. The maximum Gasteiger partial charge on any atom is 0.241 e. The lowest BCUT2D eigenvalue weighted by Crippen LogP contribution is -2.47. The summed E-state index contributed by atoms with van der Waals surface area (Å²) in [5, 5.41) is 7.61. The van der Waals surface area contributed by atoms with Crippen molar-refractivity contribution in [1.29, 1.82) is 0 Å². The van der Waals surface area contributed by atoms with Crippen molar-refractivity contribution >= 4 is 17.7 Å². The average Bonchev–Trinajstić information content (AvgIpc) is 3.24. The van der Waals surface area contributed by atoms with Crippen molar-refractivity contribution in [3.8, 4) is 0 Å². The number of carbonyl (C=O) groups is 3. The van der Waals surface area contributed by atoms with Gasteiger partial charge < -0.3 is 4.90 Å². The van der Waals surface area contributed by atoms with E-state index in [1.807, 2.05) is 0 Å². The van der Waals surface area contributed by atoms with Gasteiger partial charge in [0.05, 0.1) is 17.7 Å². The van der Waals surface area contributed by atoms with E-state index < -0.39 is 17.1 Å². The van der Waals surface area contributed by atoms with E-state index in [-0.39, 0.29) is 36.3 Å². The number of carbonyl (C=O) groups excluding carboxylic acids is 3. The summed E-state index contributed by atoms with van der Waals surface area (Å²) >= 11 is 0. The maximum atomic E-state index is 15.1. The van der Waals surface area contributed by atoms with E-state index >= 15 is 4.39 Å². The Labute approximate surface area is 211 Å². The standard InChI is InChI=1S/C28H35FN4O3/c1-32(18-24-20-12-6-3-7-15-23(20)30-31-24)25(34)16-28(21-13-8-9-14-22(21)29)17-26(35)33(27(28)36)19-10-4-2-5-11-19/h8-9,13-14,19H,2-7,10-12,15-18H2,1H3,(H,30,31)/t28-/m0/s1. The largest absolute Gasteiger partial charge is 0.340 e. The lowest BCUT2D eigenvalue weighted by Gasteiger charge is -2.33. The van der Waals surface area contributed by atoms with Gasteiger partial charge in [-0.1, -0.05) is 43.9 Å². The Hall–Kier alpha value is -3.03. The average molecular weight is 495 g/mol. The van der Waals surface area contributed by atoms with Gasteiger partial charge in [-0.25, -0.2) is 4.39 Å². The molecule has 192 valence electrons. The van der Waals surface area contributed by atoms with E-state index in [2.05, 4.69) is 10.2 Å². The highest BCUT2D eigenvalue weighted by Crippen LogP contribution is 2.43. The van der Waals surface area contributed by atoms with Crippen LogP contribution in [0.1, 0.15) is 86.7 Å². The highest BCUT2D eigenvalue weighted by atomic mass is 19.1. The summed E-state index contributed by atoms with van der Waals surface area (Å²) in [5.41, 5.74) is 1.79. The molecule has 1 N–H and O–H groups in total. The first-order valence-electron chi connectivity index (χ1n) is 13.3. The molecule has 2 aromatic rings. The van der Waals surface area contributed by atoms with Crippen LogP contribution in [0.25, 0.3) is 0 Å². The molecule has 2 heterocycles. The van der Waals surface area contributed by atoms with Gasteiger partial charge in [0.15, 0.2) is 0 Å².